The van der Waals surface area contributed by atoms with E-state index in [0.717, 1.165) is 4.31 Å². The van der Waals surface area contributed by atoms with E-state index >= 15 is 0 Å². The minimum absolute atomic E-state index is 0.0408. The number of hydrogen-bond acceptors (Lipinski definition) is 4. The Balaban J connectivity index is 1.89. The molecule has 0 saturated heterocycles. The second kappa shape index (κ2) is 8.89. The molecule has 0 aromatic heterocycles. The first-order valence-corrected chi connectivity index (χ1v) is 10.4. The van der Waals surface area contributed by atoms with Gasteiger partial charge in [-0.25, -0.2) is 8.42 Å². The lowest BCUT2D eigenvalue weighted by atomic mass is 10.1. The molecular weight excluding hydrogens is 390 g/mol. The first-order chi connectivity index (χ1) is 13.9. The summed E-state index contributed by atoms with van der Waals surface area (Å²) >= 11 is 0. The minimum atomic E-state index is -3.96. The number of nitrogens with zero attached hydrogens (tertiary/aromatic N) is 1. The number of likely N-dealkylation sites (N-methyl/N-ethyl adjacent to an activating group) is 1. The van der Waals surface area contributed by atoms with E-state index in [9.17, 15) is 18.3 Å². The van der Waals surface area contributed by atoms with E-state index in [1.807, 2.05) is 18.2 Å². The predicted molar refractivity (Wildman–Crippen MR) is 109 cm³/mol. The van der Waals surface area contributed by atoms with Gasteiger partial charge in [0.2, 0.25) is 10.0 Å². The number of carboxylic acids is 1. The van der Waals surface area contributed by atoms with E-state index in [0.29, 0.717) is 17.1 Å². The van der Waals surface area contributed by atoms with Gasteiger partial charge < -0.3 is 9.84 Å². The van der Waals surface area contributed by atoms with Gasteiger partial charge in [0.15, 0.2) is 0 Å². The molecule has 0 aliphatic rings. The van der Waals surface area contributed by atoms with E-state index < -0.39 is 22.0 Å². The molecule has 3 aromatic rings. The second-order valence-electron chi connectivity index (χ2n) is 6.42. The Hall–Kier alpha value is -3.16. The van der Waals surface area contributed by atoms with Crippen molar-refractivity contribution in [2.24, 2.45) is 0 Å². The molecule has 0 saturated carbocycles. The maximum atomic E-state index is 12.9. The van der Waals surface area contributed by atoms with Crippen LogP contribution in [0.4, 0.5) is 0 Å². The van der Waals surface area contributed by atoms with Crippen LogP contribution in [-0.4, -0.2) is 36.9 Å². The van der Waals surface area contributed by atoms with Crippen LogP contribution < -0.4 is 4.74 Å². The van der Waals surface area contributed by atoms with Crippen molar-refractivity contribution in [2.45, 2.75) is 17.4 Å². The highest BCUT2D eigenvalue weighted by atomic mass is 32.2. The zero-order valence-corrected chi connectivity index (χ0v) is 16.6. The van der Waals surface area contributed by atoms with Gasteiger partial charge >= 0.3 is 5.97 Å². The van der Waals surface area contributed by atoms with Crippen LogP contribution in [0.3, 0.4) is 0 Å². The Morgan fingerprint density at radius 3 is 2.10 bits per heavy atom. The number of hydrogen-bond donors (Lipinski definition) is 1. The molecule has 1 atom stereocenters. The van der Waals surface area contributed by atoms with Gasteiger partial charge in [0, 0.05) is 13.5 Å². The number of rotatable bonds is 8. The third kappa shape index (κ3) is 4.82. The molecule has 3 aromatic carbocycles. The van der Waals surface area contributed by atoms with Gasteiger partial charge in [-0.2, -0.15) is 4.31 Å². The normalized spacial score (nSPS) is 12.5. The summed E-state index contributed by atoms with van der Waals surface area (Å²) in [4.78, 5) is 12.0. The topological polar surface area (TPSA) is 83.9 Å². The summed E-state index contributed by atoms with van der Waals surface area (Å²) in [6.07, 6.45) is -0.0408. The molecule has 0 aliphatic carbocycles. The number of aliphatic carboxylic acids is 1. The minimum Gasteiger partial charge on any atom is -0.480 e. The molecule has 3 rings (SSSR count). The number of sulfonamides is 1. The van der Waals surface area contributed by atoms with E-state index in [1.165, 1.54) is 19.2 Å². The Morgan fingerprint density at radius 2 is 1.48 bits per heavy atom. The Bertz CT molecular complexity index is 1070. The van der Waals surface area contributed by atoms with E-state index in [1.54, 1.807) is 54.6 Å². The van der Waals surface area contributed by atoms with Gasteiger partial charge in [-0.05, 0) is 35.9 Å². The summed E-state index contributed by atoms with van der Waals surface area (Å²) in [6.45, 7) is 0. The zero-order valence-electron chi connectivity index (χ0n) is 15.8. The number of para-hydroxylation sites is 2. The average molecular weight is 411 g/mol. The van der Waals surface area contributed by atoms with Crippen molar-refractivity contribution in [1.29, 1.82) is 0 Å². The third-order valence-electron chi connectivity index (χ3n) is 4.50. The first kappa shape index (κ1) is 20.6. The summed E-state index contributed by atoms with van der Waals surface area (Å²) in [5, 5.41) is 9.75. The summed E-state index contributed by atoms with van der Waals surface area (Å²) in [5.41, 5.74) is 0.596. The highest BCUT2D eigenvalue weighted by molar-refractivity contribution is 7.89. The van der Waals surface area contributed by atoms with Crippen molar-refractivity contribution in [2.75, 3.05) is 7.05 Å². The Labute approximate surface area is 170 Å². The molecule has 0 heterocycles. The van der Waals surface area contributed by atoms with Crippen LogP contribution in [0.2, 0.25) is 0 Å². The molecule has 6 nitrogen and oxygen atoms in total. The van der Waals surface area contributed by atoms with Crippen LogP contribution in [-0.2, 0) is 21.2 Å². The van der Waals surface area contributed by atoms with Crippen LogP contribution >= 0.6 is 0 Å². The van der Waals surface area contributed by atoms with Gasteiger partial charge in [-0.15, -0.1) is 0 Å². The van der Waals surface area contributed by atoms with Crippen LogP contribution in [0.15, 0.2) is 89.8 Å². The van der Waals surface area contributed by atoms with Crippen LogP contribution in [0.5, 0.6) is 11.5 Å². The zero-order chi connectivity index (χ0) is 20.9. The quantitative estimate of drug-likeness (QED) is 0.610. The van der Waals surface area contributed by atoms with Crippen molar-refractivity contribution in [3.05, 3.63) is 90.5 Å². The van der Waals surface area contributed by atoms with E-state index in [4.69, 9.17) is 4.74 Å². The third-order valence-corrected chi connectivity index (χ3v) is 6.38. The molecule has 29 heavy (non-hydrogen) atoms. The molecular formula is C22H21NO5S. The molecule has 0 radical (unpaired) electrons. The number of benzene rings is 3. The van der Waals surface area contributed by atoms with Crippen LogP contribution in [0, 0.1) is 0 Å². The van der Waals surface area contributed by atoms with Crippen molar-refractivity contribution in [1.82, 2.24) is 4.31 Å². The van der Waals surface area contributed by atoms with Crippen molar-refractivity contribution < 1.29 is 23.1 Å². The first-order valence-electron chi connectivity index (χ1n) is 8.96. The highest BCUT2D eigenvalue weighted by Crippen LogP contribution is 2.28. The van der Waals surface area contributed by atoms with Crippen LogP contribution in [0.25, 0.3) is 0 Å². The van der Waals surface area contributed by atoms with Crippen LogP contribution in [0.1, 0.15) is 5.56 Å². The molecule has 0 fully saturated rings. The largest absolute Gasteiger partial charge is 0.480 e. The maximum Gasteiger partial charge on any atom is 0.322 e. The SMILES string of the molecule is CN([C@@H](Cc1ccccc1Oc1ccccc1)C(=O)O)S(=O)(=O)c1ccccc1. The van der Waals surface area contributed by atoms with E-state index in [-0.39, 0.29) is 11.3 Å². The van der Waals surface area contributed by atoms with Gasteiger partial charge in [0.1, 0.15) is 17.5 Å². The summed E-state index contributed by atoms with van der Waals surface area (Å²) < 4.78 is 32.5. The molecule has 150 valence electrons. The number of carbonyl (C=O) groups is 1. The Morgan fingerprint density at radius 1 is 0.931 bits per heavy atom. The smallest absolute Gasteiger partial charge is 0.322 e. The molecule has 1 N–H and O–H groups in total. The van der Waals surface area contributed by atoms with Gasteiger partial charge in [-0.1, -0.05) is 54.6 Å². The Kier molecular flexibility index (Phi) is 6.31. The van der Waals surface area contributed by atoms with Gasteiger partial charge in [0.05, 0.1) is 4.90 Å². The standard InChI is InChI=1S/C22H21NO5S/c1-23(29(26,27)19-13-6-3-7-14-19)20(22(24)25)16-17-10-8-9-15-21(17)28-18-11-4-2-5-12-18/h2-15,20H,16H2,1H3,(H,24,25)/t20-/m0/s1. The molecule has 0 bridgehead atoms. The molecule has 0 aliphatic heterocycles. The lowest BCUT2D eigenvalue weighted by Gasteiger charge is -2.25. The fraction of sp³-hybridized carbons (Fsp3) is 0.136. The number of carboxylic acid groups (broad SMARTS) is 1. The highest BCUT2D eigenvalue weighted by Gasteiger charge is 2.33. The summed E-state index contributed by atoms with van der Waals surface area (Å²) in [6, 6.07) is 22.6. The fourth-order valence-corrected chi connectivity index (χ4v) is 4.23. The fourth-order valence-electron chi connectivity index (χ4n) is 2.89. The lowest BCUT2D eigenvalue weighted by Crippen LogP contribution is -2.43. The van der Waals surface area contributed by atoms with E-state index in [2.05, 4.69) is 0 Å². The molecule has 0 spiro atoms. The summed E-state index contributed by atoms with van der Waals surface area (Å²) in [7, 11) is -2.68. The second-order valence-corrected chi connectivity index (χ2v) is 8.41. The van der Waals surface area contributed by atoms with Gasteiger partial charge in [-0.3, -0.25) is 4.79 Å². The lowest BCUT2D eigenvalue weighted by molar-refractivity contribution is -0.141. The summed E-state index contributed by atoms with van der Waals surface area (Å²) in [5.74, 6) is -0.144. The molecule has 0 unspecified atom stereocenters. The van der Waals surface area contributed by atoms with Crippen molar-refractivity contribution in [3.8, 4) is 11.5 Å². The average Bonchev–Trinajstić information content (AvgIpc) is 2.73. The monoisotopic (exact) mass is 411 g/mol. The predicted octanol–water partition coefficient (Wildman–Crippen LogP) is 3.80. The molecule has 0 amide bonds. The van der Waals surface area contributed by atoms with Gasteiger partial charge in [0.25, 0.3) is 0 Å². The van der Waals surface area contributed by atoms with Crippen molar-refractivity contribution in [3.63, 3.8) is 0 Å². The maximum absolute atomic E-state index is 12.9. The van der Waals surface area contributed by atoms with Crippen molar-refractivity contribution >= 4 is 16.0 Å². The molecule has 7 heteroatoms. The number of ether oxygens (including phenoxy) is 1.